The molecule has 0 aliphatic rings. The van der Waals surface area contributed by atoms with Crippen LogP contribution in [0.5, 0.6) is 0 Å². The van der Waals surface area contributed by atoms with Crippen LogP contribution < -0.4 is 5.32 Å². The van der Waals surface area contributed by atoms with Gasteiger partial charge in [-0.05, 0) is 31.5 Å². The fourth-order valence-electron chi connectivity index (χ4n) is 1.55. The molecule has 0 fully saturated rings. The molecule has 0 radical (unpaired) electrons. The first-order valence-electron chi connectivity index (χ1n) is 6.25. The van der Waals surface area contributed by atoms with E-state index in [1.54, 1.807) is 38.3 Å². The molecule has 0 bridgehead atoms. The molecule has 0 aromatic heterocycles. The fourth-order valence-corrected chi connectivity index (χ4v) is 2.61. The number of methoxy groups -OCH3 is 1. The van der Waals surface area contributed by atoms with Gasteiger partial charge in [0.1, 0.15) is 5.25 Å². The molecule has 1 rings (SSSR count). The predicted octanol–water partition coefficient (Wildman–Crippen LogP) is 1.67. The van der Waals surface area contributed by atoms with Gasteiger partial charge in [-0.15, -0.1) is 0 Å². The van der Waals surface area contributed by atoms with Crippen molar-refractivity contribution in [2.24, 2.45) is 0 Å². The molecule has 0 aliphatic carbocycles. The minimum Gasteiger partial charge on any atom is -0.385 e. The van der Waals surface area contributed by atoms with Gasteiger partial charge in [-0.3, -0.25) is 9.00 Å². The molecular weight excluding hydrogens is 276 g/mol. The second-order valence-electron chi connectivity index (χ2n) is 4.26. The Morgan fingerprint density at radius 3 is 2.95 bits per heavy atom. The van der Waals surface area contributed by atoms with Gasteiger partial charge >= 0.3 is 0 Å². The van der Waals surface area contributed by atoms with Crippen LogP contribution in [0.3, 0.4) is 0 Å². The normalized spacial score (nSPS) is 13.2. The monoisotopic (exact) mass is 294 g/mol. The van der Waals surface area contributed by atoms with Gasteiger partial charge in [-0.1, -0.05) is 6.07 Å². The molecule has 0 saturated carbocycles. The lowest BCUT2D eigenvalue weighted by Crippen LogP contribution is -2.30. The molecule has 2 atom stereocenters. The number of benzene rings is 1. The van der Waals surface area contributed by atoms with E-state index < -0.39 is 16.0 Å². The van der Waals surface area contributed by atoms with Crippen LogP contribution in [0.15, 0.2) is 24.3 Å². The highest BCUT2D eigenvalue weighted by Crippen LogP contribution is 2.11. The number of nitriles is 1. The summed E-state index contributed by atoms with van der Waals surface area (Å²) in [5, 5.41) is 10.9. The molecule has 0 saturated heterocycles. The number of ether oxygens (including phenoxy) is 1. The zero-order chi connectivity index (χ0) is 15.0. The Labute approximate surface area is 121 Å². The molecule has 108 valence electrons. The zero-order valence-corrected chi connectivity index (χ0v) is 12.4. The Balaban J connectivity index is 2.56. The SMILES string of the molecule is COCCCS(=O)C(C)C(=O)Nc1cccc(C#N)c1. The molecule has 1 amide bonds. The van der Waals surface area contributed by atoms with Crippen molar-refractivity contribution < 1.29 is 13.7 Å². The van der Waals surface area contributed by atoms with Crippen molar-refractivity contribution in [3.63, 3.8) is 0 Å². The summed E-state index contributed by atoms with van der Waals surface area (Å²) in [5.74, 6) is 0.122. The predicted molar refractivity (Wildman–Crippen MR) is 78.8 cm³/mol. The van der Waals surface area contributed by atoms with E-state index in [1.807, 2.05) is 6.07 Å². The largest absolute Gasteiger partial charge is 0.385 e. The highest BCUT2D eigenvalue weighted by Gasteiger charge is 2.19. The van der Waals surface area contributed by atoms with Gasteiger partial charge in [-0.2, -0.15) is 5.26 Å². The molecule has 1 aromatic carbocycles. The van der Waals surface area contributed by atoms with E-state index in [1.165, 1.54) is 0 Å². The van der Waals surface area contributed by atoms with E-state index in [9.17, 15) is 9.00 Å². The summed E-state index contributed by atoms with van der Waals surface area (Å²) < 4.78 is 16.8. The molecule has 20 heavy (non-hydrogen) atoms. The Bertz CT molecular complexity index is 525. The van der Waals surface area contributed by atoms with Crippen LogP contribution >= 0.6 is 0 Å². The first-order valence-corrected chi connectivity index (χ1v) is 7.64. The summed E-state index contributed by atoms with van der Waals surface area (Å²) in [5.41, 5.74) is 1.01. The van der Waals surface area contributed by atoms with E-state index in [4.69, 9.17) is 10.00 Å². The Morgan fingerprint density at radius 1 is 1.55 bits per heavy atom. The number of amides is 1. The first kappa shape index (κ1) is 16.3. The summed E-state index contributed by atoms with van der Waals surface area (Å²) in [6.07, 6.45) is 0.657. The van der Waals surface area contributed by atoms with Gasteiger partial charge in [0.05, 0.1) is 11.6 Å². The lowest BCUT2D eigenvalue weighted by Gasteiger charge is -2.12. The maximum absolute atomic E-state index is 12.0. The minimum absolute atomic E-state index is 0.309. The second kappa shape index (κ2) is 8.46. The van der Waals surface area contributed by atoms with Crippen molar-refractivity contribution in [2.75, 3.05) is 24.8 Å². The molecule has 6 heteroatoms. The average Bonchev–Trinajstić information content (AvgIpc) is 2.46. The smallest absolute Gasteiger partial charge is 0.239 e. The molecule has 2 unspecified atom stereocenters. The van der Waals surface area contributed by atoms with Crippen LogP contribution in [-0.4, -0.2) is 34.8 Å². The number of rotatable bonds is 7. The third kappa shape index (κ3) is 5.11. The molecular formula is C14H18N2O3S. The summed E-state index contributed by atoms with van der Waals surface area (Å²) in [7, 11) is 0.350. The zero-order valence-electron chi connectivity index (χ0n) is 11.6. The lowest BCUT2D eigenvalue weighted by atomic mass is 10.2. The van der Waals surface area contributed by atoms with Gasteiger partial charge < -0.3 is 10.1 Å². The number of hydrogen-bond donors (Lipinski definition) is 1. The van der Waals surface area contributed by atoms with E-state index in [2.05, 4.69) is 5.32 Å². The molecule has 0 heterocycles. The van der Waals surface area contributed by atoms with Crippen molar-refractivity contribution in [2.45, 2.75) is 18.6 Å². The number of anilines is 1. The van der Waals surface area contributed by atoms with Crippen LogP contribution in [0.2, 0.25) is 0 Å². The highest BCUT2D eigenvalue weighted by atomic mass is 32.2. The Kier molecular flexibility index (Phi) is 6.91. The number of hydrogen-bond acceptors (Lipinski definition) is 4. The number of carbonyl (C=O) groups is 1. The van der Waals surface area contributed by atoms with E-state index >= 15 is 0 Å². The van der Waals surface area contributed by atoms with Gasteiger partial charge in [0.15, 0.2) is 0 Å². The first-order chi connectivity index (χ1) is 9.58. The molecule has 1 N–H and O–H groups in total. The van der Waals surface area contributed by atoms with Crippen LogP contribution in [0.4, 0.5) is 5.69 Å². The van der Waals surface area contributed by atoms with Crippen molar-refractivity contribution in [3.8, 4) is 6.07 Å². The van der Waals surface area contributed by atoms with Crippen LogP contribution in [0, 0.1) is 11.3 Å². The second-order valence-corrected chi connectivity index (χ2v) is 6.13. The maximum Gasteiger partial charge on any atom is 0.239 e. The summed E-state index contributed by atoms with van der Waals surface area (Å²) in [6.45, 7) is 2.16. The van der Waals surface area contributed by atoms with Gasteiger partial charge in [-0.25, -0.2) is 0 Å². The van der Waals surface area contributed by atoms with Crippen molar-refractivity contribution in [1.82, 2.24) is 0 Å². The Morgan fingerprint density at radius 2 is 2.30 bits per heavy atom. The molecule has 0 spiro atoms. The van der Waals surface area contributed by atoms with Gasteiger partial charge in [0.2, 0.25) is 5.91 Å². The topological polar surface area (TPSA) is 79.2 Å². The average molecular weight is 294 g/mol. The molecule has 0 aliphatic heterocycles. The van der Waals surface area contributed by atoms with Gasteiger partial charge in [0, 0.05) is 36.0 Å². The van der Waals surface area contributed by atoms with Crippen LogP contribution in [0.1, 0.15) is 18.9 Å². The number of carbonyl (C=O) groups excluding carboxylic acids is 1. The fraction of sp³-hybridized carbons (Fsp3) is 0.429. The van der Waals surface area contributed by atoms with Crippen molar-refractivity contribution >= 4 is 22.4 Å². The van der Waals surface area contributed by atoms with E-state index in [0.29, 0.717) is 30.0 Å². The van der Waals surface area contributed by atoms with Crippen molar-refractivity contribution in [3.05, 3.63) is 29.8 Å². The quantitative estimate of drug-likeness (QED) is 0.776. The minimum atomic E-state index is -1.23. The van der Waals surface area contributed by atoms with E-state index in [-0.39, 0.29) is 5.91 Å². The third-order valence-electron chi connectivity index (χ3n) is 2.72. The Hall–Kier alpha value is -1.71. The third-order valence-corrected chi connectivity index (χ3v) is 4.41. The summed E-state index contributed by atoms with van der Waals surface area (Å²) >= 11 is 0. The van der Waals surface area contributed by atoms with Crippen molar-refractivity contribution in [1.29, 1.82) is 5.26 Å². The standard InChI is InChI=1S/C14H18N2O3S/c1-11(20(18)8-4-7-19-2)14(17)16-13-6-3-5-12(9-13)10-15/h3,5-6,9,11H,4,7-8H2,1-2H3,(H,16,17). The maximum atomic E-state index is 12.0. The highest BCUT2D eigenvalue weighted by molar-refractivity contribution is 7.86. The van der Waals surface area contributed by atoms with E-state index in [0.717, 1.165) is 0 Å². The summed E-state index contributed by atoms with van der Waals surface area (Å²) in [6, 6.07) is 8.62. The van der Waals surface area contributed by atoms with Gasteiger partial charge in [0.25, 0.3) is 0 Å². The lowest BCUT2D eigenvalue weighted by molar-refractivity contribution is -0.115. The molecule has 1 aromatic rings. The summed E-state index contributed by atoms with van der Waals surface area (Å²) in [4.78, 5) is 12.0. The number of nitrogens with one attached hydrogen (secondary N) is 1. The van der Waals surface area contributed by atoms with Crippen LogP contribution in [-0.2, 0) is 20.3 Å². The van der Waals surface area contributed by atoms with Crippen LogP contribution in [0.25, 0.3) is 0 Å². The molecule has 5 nitrogen and oxygen atoms in total. The number of nitrogens with zero attached hydrogens (tertiary/aromatic N) is 1.